The molecule has 2 aromatic carbocycles. The lowest BCUT2D eigenvalue weighted by Gasteiger charge is -2.12. The first-order chi connectivity index (χ1) is 15.5. The Morgan fingerprint density at radius 2 is 1.53 bits per heavy atom. The van der Waals surface area contributed by atoms with Crippen LogP contribution in [0.15, 0.2) is 83.8 Å². The molecule has 0 N–H and O–H groups in total. The minimum Gasteiger partial charge on any atom is -0.481 e. The van der Waals surface area contributed by atoms with Gasteiger partial charge in [-0.2, -0.15) is 0 Å². The minimum atomic E-state index is -0.452. The molecule has 0 atom stereocenters. The van der Waals surface area contributed by atoms with Crippen LogP contribution < -0.4 is 10.3 Å². The molecule has 0 saturated carbocycles. The number of nitrogens with zero attached hydrogens (tertiary/aromatic N) is 2. The lowest BCUT2D eigenvalue weighted by atomic mass is 10.0. The van der Waals surface area contributed by atoms with Gasteiger partial charge in [0.1, 0.15) is 12.3 Å². The van der Waals surface area contributed by atoms with Crippen molar-refractivity contribution in [2.24, 2.45) is 0 Å². The van der Waals surface area contributed by atoms with Gasteiger partial charge in [-0.15, -0.1) is 0 Å². The van der Waals surface area contributed by atoms with Crippen LogP contribution in [0.3, 0.4) is 0 Å². The van der Waals surface area contributed by atoms with E-state index in [0.29, 0.717) is 11.2 Å². The molecule has 0 aliphatic carbocycles. The Morgan fingerprint density at radius 1 is 0.875 bits per heavy atom. The number of rotatable bonds is 8. The van der Waals surface area contributed by atoms with Gasteiger partial charge < -0.3 is 4.74 Å². The number of benzene rings is 2. The molecule has 0 amide bonds. The molecule has 0 radical (unpaired) electrons. The molecule has 4 rings (SSSR count). The van der Waals surface area contributed by atoms with Gasteiger partial charge in [0.25, 0.3) is 0 Å². The highest BCUT2D eigenvalue weighted by Gasteiger charge is 2.22. The van der Waals surface area contributed by atoms with Crippen molar-refractivity contribution in [1.82, 2.24) is 9.38 Å². The van der Waals surface area contributed by atoms with Crippen molar-refractivity contribution in [3.05, 3.63) is 112 Å². The number of carbonyl (C=O) groups is 2. The molecule has 0 fully saturated rings. The summed E-state index contributed by atoms with van der Waals surface area (Å²) in [6.45, 7) is 1.99. The number of aryl methyl sites for hydroxylation is 1. The molecular formula is C26H22N2O4. The van der Waals surface area contributed by atoms with E-state index >= 15 is 0 Å². The average Bonchev–Trinajstić information content (AvgIpc) is 2.83. The van der Waals surface area contributed by atoms with Crippen molar-refractivity contribution < 1.29 is 14.3 Å². The normalized spacial score (nSPS) is 10.8. The fourth-order valence-corrected chi connectivity index (χ4v) is 3.39. The highest BCUT2D eigenvalue weighted by Crippen LogP contribution is 2.18. The van der Waals surface area contributed by atoms with Gasteiger partial charge >= 0.3 is 5.56 Å². The van der Waals surface area contributed by atoms with Crippen molar-refractivity contribution >= 4 is 17.2 Å². The first kappa shape index (κ1) is 21.2. The van der Waals surface area contributed by atoms with E-state index in [1.165, 1.54) is 4.40 Å². The van der Waals surface area contributed by atoms with Gasteiger partial charge in [0.2, 0.25) is 5.75 Å². The maximum absolute atomic E-state index is 13.2. The van der Waals surface area contributed by atoms with E-state index < -0.39 is 11.3 Å². The largest absolute Gasteiger partial charge is 0.481 e. The third-order valence-corrected chi connectivity index (χ3v) is 5.09. The number of ether oxygens (including phenoxy) is 1. The summed E-state index contributed by atoms with van der Waals surface area (Å²) in [6, 6.07) is 21.7. The molecule has 0 bridgehead atoms. The van der Waals surface area contributed by atoms with Crippen LogP contribution in [-0.2, 0) is 6.61 Å². The molecule has 0 unspecified atom stereocenters. The zero-order valence-electron chi connectivity index (χ0n) is 17.7. The molecular weight excluding hydrogens is 404 g/mol. The summed E-state index contributed by atoms with van der Waals surface area (Å²) in [4.78, 5) is 43.0. The lowest BCUT2D eigenvalue weighted by Crippen LogP contribution is -2.23. The first-order valence-corrected chi connectivity index (χ1v) is 10.3. The summed E-state index contributed by atoms with van der Waals surface area (Å²) in [6.07, 6.45) is 1.62. The van der Waals surface area contributed by atoms with Crippen LogP contribution >= 0.6 is 0 Å². The number of carbonyl (C=O) groups excluding carboxylic acids is 2. The summed E-state index contributed by atoms with van der Waals surface area (Å²) in [5.74, 6) is -0.648. The molecule has 0 aliphatic heterocycles. The zero-order valence-corrected chi connectivity index (χ0v) is 17.7. The molecule has 0 saturated heterocycles. The van der Waals surface area contributed by atoms with E-state index in [0.717, 1.165) is 11.1 Å². The van der Waals surface area contributed by atoms with E-state index in [2.05, 4.69) is 4.98 Å². The SMILES string of the molecule is Cc1ccc2nc(C(=O)CCC(=O)c3ccccc3)c(OCc3ccccc3)c(=O)n2c1. The Morgan fingerprint density at radius 3 is 2.25 bits per heavy atom. The maximum atomic E-state index is 13.2. The smallest absolute Gasteiger partial charge is 0.301 e. The number of aromatic nitrogens is 2. The van der Waals surface area contributed by atoms with Crippen LogP contribution in [0.1, 0.15) is 44.8 Å². The molecule has 6 nitrogen and oxygen atoms in total. The van der Waals surface area contributed by atoms with Crippen LogP contribution in [0.5, 0.6) is 5.75 Å². The van der Waals surface area contributed by atoms with Crippen LogP contribution in [-0.4, -0.2) is 21.0 Å². The van der Waals surface area contributed by atoms with E-state index in [-0.39, 0.29) is 36.7 Å². The molecule has 32 heavy (non-hydrogen) atoms. The van der Waals surface area contributed by atoms with Crippen LogP contribution in [0.2, 0.25) is 0 Å². The highest BCUT2D eigenvalue weighted by molar-refractivity contribution is 6.02. The van der Waals surface area contributed by atoms with Crippen molar-refractivity contribution in [2.45, 2.75) is 26.4 Å². The number of ketones is 2. The first-order valence-electron chi connectivity index (χ1n) is 10.3. The van der Waals surface area contributed by atoms with Crippen LogP contribution in [0.25, 0.3) is 5.65 Å². The quantitative estimate of drug-likeness (QED) is 0.390. The standard InChI is InChI=1S/C26H22N2O4/c1-18-12-15-23-27-24(22(30)14-13-21(29)20-10-6-3-7-11-20)25(26(31)28(23)16-18)32-17-19-8-4-2-5-9-19/h2-12,15-16H,13-14,17H2,1H3. The van der Waals surface area contributed by atoms with Gasteiger partial charge in [0, 0.05) is 24.6 Å². The monoisotopic (exact) mass is 426 g/mol. The predicted octanol–water partition coefficient (Wildman–Crippen LogP) is 4.43. The second kappa shape index (κ2) is 9.39. The lowest BCUT2D eigenvalue weighted by molar-refractivity contribution is 0.0912. The molecule has 4 aromatic rings. The maximum Gasteiger partial charge on any atom is 0.301 e. The number of hydrogen-bond donors (Lipinski definition) is 0. The number of Topliss-reactive ketones (excluding diaryl/α,β-unsaturated/α-hetero) is 2. The van der Waals surface area contributed by atoms with E-state index in [1.54, 1.807) is 36.5 Å². The van der Waals surface area contributed by atoms with Gasteiger partial charge in [-0.3, -0.25) is 18.8 Å². The zero-order chi connectivity index (χ0) is 22.5. The Balaban J connectivity index is 1.65. The average molecular weight is 426 g/mol. The third-order valence-electron chi connectivity index (χ3n) is 5.09. The molecule has 2 heterocycles. The van der Waals surface area contributed by atoms with Crippen LogP contribution in [0, 0.1) is 6.92 Å². The number of hydrogen-bond acceptors (Lipinski definition) is 5. The van der Waals surface area contributed by atoms with Gasteiger partial charge in [0.15, 0.2) is 17.3 Å². The van der Waals surface area contributed by atoms with Crippen molar-refractivity contribution in [1.29, 1.82) is 0 Å². The minimum absolute atomic E-state index is 0.0237. The topological polar surface area (TPSA) is 77.7 Å². The van der Waals surface area contributed by atoms with E-state index in [4.69, 9.17) is 4.74 Å². The predicted molar refractivity (Wildman–Crippen MR) is 121 cm³/mol. The summed E-state index contributed by atoms with van der Waals surface area (Å²) < 4.78 is 7.19. The summed E-state index contributed by atoms with van der Waals surface area (Å²) >= 11 is 0. The highest BCUT2D eigenvalue weighted by atomic mass is 16.5. The summed E-state index contributed by atoms with van der Waals surface area (Å²) in [5.41, 5.74) is 2.14. The van der Waals surface area contributed by atoms with E-state index in [9.17, 15) is 14.4 Å². The van der Waals surface area contributed by atoms with Crippen molar-refractivity contribution in [3.63, 3.8) is 0 Å². The Labute approximate surface area is 185 Å². The Bertz CT molecular complexity index is 1330. The van der Waals surface area contributed by atoms with Gasteiger partial charge in [0.05, 0.1) is 0 Å². The molecule has 0 aliphatic rings. The second-order valence-corrected chi connectivity index (χ2v) is 7.52. The molecule has 2 aromatic heterocycles. The van der Waals surface area contributed by atoms with Gasteiger partial charge in [-0.1, -0.05) is 66.7 Å². The Hall–Kier alpha value is -4.06. The summed E-state index contributed by atoms with van der Waals surface area (Å²) in [5, 5.41) is 0. The molecule has 0 spiro atoms. The molecule has 6 heteroatoms. The molecule has 160 valence electrons. The summed E-state index contributed by atoms with van der Waals surface area (Å²) in [7, 11) is 0. The number of pyridine rings is 1. The van der Waals surface area contributed by atoms with Gasteiger partial charge in [-0.25, -0.2) is 4.98 Å². The fourth-order valence-electron chi connectivity index (χ4n) is 3.39. The third kappa shape index (κ3) is 4.64. The van der Waals surface area contributed by atoms with Crippen LogP contribution in [0.4, 0.5) is 0 Å². The van der Waals surface area contributed by atoms with Crippen molar-refractivity contribution in [2.75, 3.05) is 0 Å². The fraction of sp³-hybridized carbons (Fsp3) is 0.154. The van der Waals surface area contributed by atoms with E-state index in [1.807, 2.05) is 49.4 Å². The number of fused-ring (bicyclic) bond motifs is 1. The van der Waals surface area contributed by atoms with Gasteiger partial charge in [-0.05, 0) is 24.1 Å². The van der Waals surface area contributed by atoms with Crippen molar-refractivity contribution in [3.8, 4) is 5.75 Å². The Kier molecular flexibility index (Phi) is 6.22. The second-order valence-electron chi connectivity index (χ2n) is 7.52.